The summed E-state index contributed by atoms with van der Waals surface area (Å²) in [6.07, 6.45) is 0.617. The maximum absolute atomic E-state index is 12.2. The van der Waals surface area contributed by atoms with Crippen molar-refractivity contribution in [2.45, 2.75) is 39.8 Å². The van der Waals surface area contributed by atoms with Gasteiger partial charge in [-0.2, -0.15) is 0 Å². The second-order valence-electron chi connectivity index (χ2n) is 4.58. The number of hydrogen-bond acceptors (Lipinski definition) is 3. The van der Waals surface area contributed by atoms with E-state index >= 15 is 0 Å². The molecule has 0 bridgehead atoms. The lowest BCUT2D eigenvalue weighted by Crippen LogP contribution is -2.38. The van der Waals surface area contributed by atoms with Gasteiger partial charge in [0.2, 0.25) is 10.0 Å². The molecular weight excluding hydrogens is 248 g/mol. The minimum absolute atomic E-state index is 0.0923. The van der Waals surface area contributed by atoms with Crippen LogP contribution in [0.3, 0.4) is 0 Å². The van der Waals surface area contributed by atoms with Crippen LogP contribution in [0.1, 0.15) is 32.8 Å². The molecule has 1 aromatic rings. The quantitative estimate of drug-likeness (QED) is 0.861. The molecule has 2 N–H and O–H groups in total. The SMILES string of the molecule is CCCS(=O)(=O)N(c1ccc(CN)cc1)C(C)C. The summed E-state index contributed by atoms with van der Waals surface area (Å²) in [5.41, 5.74) is 7.24. The van der Waals surface area contributed by atoms with Crippen molar-refractivity contribution in [3.63, 3.8) is 0 Å². The van der Waals surface area contributed by atoms with Crippen molar-refractivity contribution in [1.29, 1.82) is 0 Å². The number of anilines is 1. The maximum Gasteiger partial charge on any atom is 0.235 e. The number of nitrogens with zero attached hydrogens (tertiary/aromatic N) is 1. The Morgan fingerprint density at radius 3 is 2.17 bits per heavy atom. The molecule has 5 heteroatoms. The molecule has 0 saturated carbocycles. The Kier molecular flexibility index (Phi) is 5.16. The van der Waals surface area contributed by atoms with Crippen LogP contribution in [-0.2, 0) is 16.6 Å². The number of rotatable bonds is 6. The first-order chi connectivity index (χ1) is 8.42. The largest absolute Gasteiger partial charge is 0.326 e. The van der Waals surface area contributed by atoms with Gasteiger partial charge in [-0.25, -0.2) is 8.42 Å². The van der Waals surface area contributed by atoms with Gasteiger partial charge < -0.3 is 5.73 Å². The highest BCUT2D eigenvalue weighted by Gasteiger charge is 2.24. The van der Waals surface area contributed by atoms with Gasteiger partial charge >= 0.3 is 0 Å². The first-order valence-corrected chi connectivity index (χ1v) is 7.84. The smallest absolute Gasteiger partial charge is 0.235 e. The number of nitrogens with two attached hydrogens (primary N) is 1. The molecule has 0 radical (unpaired) electrons. The topological polar surface area (TPSA) is 63.4 Å². The molecule has 0 unspecified atom stereocenters. The molecule has 0 aliphatic carbocycles. The van der Waals surface area contributed by atoms with E-state index in [9.17, 15) is 8.42 Å². The summed E-state index contributed by atoms with van der Waals surface area (Å²) in [7, 11) is -3.24. The lowest BCUT2D eigenvalue weighted by atomic mass is 10.2. The average Bonchev–Trinajstić information content (AvgIpc) is 2.29. The minimum Gasteiger partial charge on any atom is -0.326 e. The molecule has 0 aliphatic rings. The highest BCUT2D eigenvalue weighted by molar-refractivity contribution is 7.92. The normalized spacial score (nSPS) is 11.8. The van der Waals surface area contributed by atoms with Crippen LogP contribution in [0.5, 0.6) is 0 Å². The maximum atomic E-state index is 12.2. The van der Waals surface area contributed by atoms with E-state index in [1.165, 1.54) is 4.31 Å². The summed E-state index contributed by atoms with van der Waals surface area (Å²) in [5, 5.41) is 0. The molecule has 0 atom stereocenters. The number of sulfonamides is 1. The summed E-state index contributed by atoms with van der Waals surface area (Å²) >= 11 is 0. The van der Waals surface area contributed by atoms with Crippen molar-refractivity contribution in [2.24, 2.45) is 5.73 Å². The fourth-order valence-electron chi connectivity index (χ4n) is 1.92. The first kappa shape index (κ1) is 15.0. The van der Waals surface area contributed by atoms with Crippen LogP contribution >= 0.6 is 0 Å². The summed E-state index contributed by atoms with van der Waals surface area (Å²) in [6, 6.07) is 7.27. The molecule has 102 valence electrons. The van der Waals surface area contributed by atoms with Gasteiger partial charge in [0.25, 0.3) is 0 Å². The van der Waals surface area contributed by atoms with Gasteiger partial charge in [0.15, 0.2) is 0 Å². The number of benzene rings is 1. The van der Waals surface area contributed by atoms with Gasteiger partial charge in [-0.05, 0) is 38.0 Å². The Labute approximate surface area is 110 Å². The van der Waals surface area contributed by atoms with Gasteiger partial charge in [0.1, 0.15) is 0 Å². The third kappa shape index (κ3) is 3.46. The fourth-order valence-corrected chi connectivity index (χ4v) is 3.71. The summed E-state index contributed by atoms with van der Waals surface area (Å²) in [6.45, 7) is 6.09. The third-order valence-electron chi connectivity index (χ3n) is 2.66. The molecule has 0 heterocycles. The van der Waals surface area contributed by atoms with E-state index in [0.717, 1.165) is 5.56 Å². The van der Waals surface area contributed by atoms with E-state index in [-0.39, 0.29) is 11.8 Å². The second kappa shape index (κ2) is 6.20. The van der Waals surface area contributed by atoms with Crippen LogP contribution in [0, 0.1) is 0 Å². The molecule has 0 saturated heterocycles. The predicted molar refractivity (Wildman–Crippen MR) is 76.0 cm³/mol. The van der Waals surface area contributed by atoms with E-state index in [4.69, 9.17) is 5.73 Å². The molecule has 0 spiro atoms. The Bertz CT molecular complexity index is 466. The molecular formula is C13H22N2O2S. The van der Waals surface area contributed by atoms with Gasteiger partial charge in [0.05, 0.1) is 11.4 Å². The molecule has 0 aromatic heterocycles. The number of hydrogen-bond donors (Lipinski definition) is 1. The molecule has 4 nitrogen and oxygen atoms in total. The van der Waals surface area contributed by atoms with Crippen molar-refractivity contribution < 1.29 is 8.42 Å². The van der Waals surface area contributed by atoms with Crippen LogP contribution in [-0.4, -0.2) is 20.2 Å². The molecule has 1 aromatic carbocycles. The summed E-state index contributed by atoms with van der Waals surface area (Å²) in [4.78, 5) is 0. The zero-order chi connectivity index (χ0) is 13.8. The van der Waals surface area contributed by atoms with Crippen molar-refractivity contribution in [3.05, 3.63) is 29.8 Å². The second-order valence-corrected chi connectivity index (χ2v) is 6.54. The zero-order valence-corrected chi connectivity index (χ0v) is 12.1. The van der Waals surface area contributed by atoms with Crippen molar-refractivity contribution in [3.8, 4) is 0 Å². The molecule has 18 heavy (non-hydrogen) atoms. The highest BCUT2D eigenvalue weighted by Crippen LogP contribution is 2.22. The van der Waals surface area contributed by atoms with Gasteiger partial charge in [-0.3, -0.25) is 4.31 Å². The lowest BCUT2D eigenvalue weighted by Gasteiger charge is -2.28. The van der Waals surface area contributed by atoms with Crippen LogP contribution in [0.25, 0.3) is 0 Å². The zero-order valence-electron chi connectivity index (χ0n) is 11.3. The van der Waals surface area contributed by atoms with Crippen LogP contribution in [0.4, 0.5) is 5.69 Å². The van der Waals surface area contributed by atoms with Crippen LogP contribution in [0.2, 0.25) is 0 Å². The Balaban J connectivity index is 3.12. The molecule has 1 rings (SSSR count). The van der Waals surface area contributed by atoms with Gasteiger partial charge in [-0.1, -0.05) is 19.1 Å². The minimum atomic E-state index is -3.24. The van der Waals surface area contributed by atoms with Crippen LogP contribution < -0.4 is 10.0 Å². The van der Waals surface area contributed by atoms with Crippen molar-refractivity contribution in [2.75, 3.05) is 10.1 Å². The molecule has 0 aliphatic heterocycles. The monoisotopic (exact) mass is 270 g/mol. The van der Waals surface area contributed by atoms with Crippen LogP contribution in [0.15, 0.2) is 24.3 Å². The van der Waals surface area contributed by atoms with Gasteiger partial charge in [-0.15, -0.1) is 0 Å². The van der Waals surface area contributed by atoms with Crippen molar-refractivity contribution >= 4 is 15.7 Å². The third-order valence-corrected chi connectivity index (χ3v) is 4.81. The summed E-state index contributed by atoms with van der Waals surface area (Å²) < 4.78 is 25.9. The summed E-state index contributed by atoms with van der Waals surface area (Å²) in [5.74, 6) is 0.170. The van der Waals surface area contributed by atoms with E-state index in [0.29, 0.717) is 18.7 Å². The van der Waals surface area contributed by atoms with E-state index in [1.54, 1.807) is 0 Å². The Hall–Kier alpha value is -1.07. The Morgan fingerprint density at radius 2 is 1.78 bits per heavy atom. The molecule has 0 amide bonds. The average molecular weight is 270 g/mol. The predicted octanol–water partition coefficient (Wildman–Crippen LogP) is 2.10. The highest BCUT2D eigenvalue weighted by atomic mass is 32.2. The van der Waals surface area contributed by atoms with Gasteiger partial charge in [0, 0.05) is 12.6 Å². The standard InChI is InChI=1S/C13H22N2O2S/c1-4-9-18(16,17)15(11(2)3)13-7-5-12(10-14)6-8-13/h5-8,11H,4,9-10,14H2,1-3H3. The fraction of sp³-hybridized carbons (Fsp3) is 0.538. The van der Waals surface area contributed by atoms with E-state index in [1.807, 2.05) is 45.0 Å². The Morgan fingerprint density at radius 1 is 1.22 bits per heavy atom. The van der Waals surface area contributed by atoms with Crippen molar-refractivity contribution in [1.82, 2.24) is 0 Å². The van der Waals surface area contributed by atoms with E-state index < -0.39 is 10.0 Å². The van der Waals surface area contributed by atoms with E-state index in [2.05, 4.69) is 0 Å². The first-order valence-electron chi connectivity index (χ1n) is 6.23. The molecule has 0 fully saturated rings. The lowest BCUT2D eigenvalue weighted by molar-refractivity contribution is 0.583.